The van der Waals surface area contributed by atoms with Crippen LogP contribution in [-0.4, -0.2) is 57.8 Å². The summed E-state index contributed by atoms with van der Waals surface area (Å²) in [4.78, 5) is 14.4. The van der Waals surface area contributed by atoms with Crippen molar-refractivity contribution in [1.82, 2.24) is 5.16 Å². The fourth-order valence-corrected chi connectivity index (χ4v) is 7.87. The van der Waals surface area contributed by atoms with Crippen molar-refractivity contribution in [2.75, 3.05) is 13.7 Å². The van der Waals surface area contributed by atoms with Crippen molar-refractivity contribution in [2.24, 2.45) is 34.5 Å². The van der Waals surface area contributed by atoms with Crippen molar-refractivity contribution < 1.29 is 34.1 Å². The number of carbonyl (C=O) groups excluding carboxylic acids is 1. The SMILES string of the molecule is COc1cccc2c(O[C@H]3C(C)=CC45C(=O)[C@@H](C=C(CO)[C@@H](O)[C@]34O)[C@H]3[C@@H](C[C@H]5C)C3(C)C)noc12. The van der Waals surface area contributed by atoms with Crippen LogP contribution in [0, 0.1) is 34.5 Å². The summed E-state index contributed by atoms with van der Waals surface area (Å²) in [5.41, 5.74) is -2.16. The molecule has 8 heteroatoms. The molecule has 4 aliphatic rings. The molecule has 2 saturated carbocycles. The lowest BCUT2D eigenvalue weighted by Crippen LogP contribution is -2.66. The lowest BCUT2D eigenvalue weighted by Gasteiger charge is -2.48. The third-order valence-corrected chi connectivity index (χ3v) is 9.78. The highest BCUT2D eigenvalue weighted by molar-refractivity contribution is 5.95. The van der Waals surface area contributed by atoms with Gasteiger partial charge in [0.15, 0.2) is 23.2 Å². The zero-order chi connectivity index (χ0) is 25.8. The monoisotopic (exact) mass is 495 g/mol. The molecule has 0 saturated heterocycles. The van der Waals surface area contributed by atoms with Gasteiger partial charge in [-0.05, 0) is 64.9 Å². The molecule has 0 amide bonds. The first-order valence-corrected chi connectivity index (χ1v) is 12.6. The van der Waals surface area contributed by atoms with Crippen LogP contribution in [0.4, 0.5) is 0 Å². The van der Waals surface area contributed by atoms with Crippen molar-refractivity contribution in [3.63, 3.8) is 0 Å². The molecule has 0 aliphatic heterocycles. The summed E-state index contributed by atoms with van der Waals surface area (Å²) in [6, 6.07) is 5.29. The topological polar surface area (TPSA) is 122 Å². The first-order valence-electron chi connectivity index (χ1n) is 12.6. The number of ether oxygens (including phenoxy) is 2. The van der Waals surface area contributed by atoms with Crippen LogP contribution in [0.15, 0.2) is 46.0 Å². The predicted molar refractivity (Wildman–Crippen MR) is 130 cm³/mol. The van der Waals surface area contributed by atoms with E-state index in [0.717, 1.165) is 6.42 Å². The van der Waals surface area contributed by atoms with E-state index in [1.807, 2.05) is 13.0 Å². The Kier molecular flexibility index (Phi) is 4.89. The Bertz CT molecular complexity index is 1320. The number of Topliss-reactive ketones (excluding diaryl/α,β-unsaturated/α-hetero) is 1. The van der Waals surface area contributed by atoms with Crippen molar-refractivity contribution in [3.05, 3.63) is 41.5 Å². The number of benzene rings is 1. The van der Waals surface area contributed by atoms with E-state index in [-0.39, 0.29) is 34.5 Å². The van der Waals surface area contributed by atoms with Gasteiger partial charge in [-0.3, -0.25) is 4.79 Å². The quantitative estimate of drug-likeness (QED) is 0.554. The number of para-hydroxylation sites is 1. The molecule has 8 nitrogen and oxygen atoms in total. The van der Waals surface area contributed by atoms with Crippen LogP contribution >= 0.6 is 0 Å². The smallest absolute Gasteiger partial charge is 0.262 e. The van der Waals surface area contributed by atoms with E-state index >= 15 is 0 Å². The van der Waals surface area contributed by atoms with Crippen LogP contribution in [0.3, 0.4) is 0 Å². The molecule has 2 aromatic rings. The number of carbonyl (C=O) groups is 1. The van der Waals surface area contributed by atoms with E-state index in [1.165, 1.54) is 7.11 Å². The third kappa shape index (κ3) is 2.65. The number of aliphatic hydroxyl groups is 3. The minimum absolute atomic E-state index is 0.0212. The second kappa shape index (κ2) is 7.43. The average molecular weight is 496 g/mol. The zero-order valence-electron chi connectivity index (χ0n) is 21.2. The molecule has 2 bridgehead atoms. The highest BCUT2D eigenvalue weighted by Crippen LogP contribution is 2.71. The molecule has 192 valence electrons. The van der Waals surface area contributed by atoms with Gasteiger partial charge in [0, 0.05) is 5.92 Å². The highest BCUT2D eigenvalue weighted by Gasteiger charge is 2.76. The molecule has 2 fully saturated rings. The van der Waals surface area contributed by atoms with Gasteiger partial charge < -0.3 is 29.3 Å². The summed E-state index contributed by atoms with van der Waals surface area (Å²) in [6.45, 7) is 7.66. The van der Waals surface area contributed by atoms with Crippen LogP contribution in [0.1, 0.15) is 34.1 Å². The van der Waals surface area contributed by atoms with E-state index in [2.05, 4.69) is 19.0 Å². The van der Waals surface area contributed by atoms with Crippen molar-refractivity contribution in [1.29, 1.82) is 0 Å². The fourth-order valence-electron chi connectivity index (χ4n) is 7.87. The number of methoxy groups -OCH3 is 1. The molecule has 3 N–H and O–H groups in total. The van der Waals surface area contributed by atoms with Gasteiger partial charge in [-0.15, -0.1) is 0 Å². The molecule has 36 heavy (non-hydrogen) atoms. The average Bonchev–Trinajstić information content (AvgIpc) is 3.13. The summed E-state index contributed by atoms with van der Waals surface area (Å²) < 4.78 is 17.2. The molecule has 4 aliphatic carbocycles. The van der Waals surface area contributed by atoms with Gasteiger partial charge in [0.25, 0.3) is 5.88 Å². The largest absolute Gasteiger partial charge is 0.493 e. The summed E-state index contributed by atoms with van der Waals surface area (Å²) in [7, 11) is 1.53. The van der Waals surface area contributed by atoms with Gasteiger partial charge in [-0.2, -0.15) is 0 Å². The zero-order valence-corrected chi connectivity index (χ0v) is 21.2. The Hall–Kier alpha value is -2.68. The van der Waals surface area contributed by atoms with Gasteiger partial charge in [-0.1, -0.05) is 39.0 Å². The lowest BCUT2D eigenvalue weighted by atomic mass is 9.59. The van der Waals surface area contributed by atoms with Crippen molar-refractivity contribution >= 4 is 16.8 Å². The van der Waals surface area contributed by atoms with E-state index in [9.17, 15) is 20.1 Å². The summed E-state index contributed by atoms with van der Waals surface area (Å²) >= 11 is 0. The Morgan fingerprint density at radius 1 is 1.28 bits per heavy atom. The number of rotatable bonds is 4. The number of aromatic nitrogens is 1. The number of ketones is 1. The number of allylic oxidation sites excluding steroid dienone is 1. The van der Waals surface area contributed by atoms with E-state index in [4.69, 9.17) is 14.0 Å². The number of hydrogen-bond acceptors (Lipinski definition) is 8. The summed E-state index contributed by atoms with van der Waals surface area (Å²) in [6.07, 6.45) is 1.68. The maximum Gasteiger partial charge on any atom is 0.262 e. The van der Waals surface area contributed by atoms with Gasteiger partial charge in [0.05, 0.1) is 24.5 Å². The number of fused-ring (bicyclic) bond motifs is 4. The van der Waals surface area contributed by atoms with Crippen LogP contribution in [0.25, 0.3) is 11.0 Å². The summed E-state index contributed by atoms with van der Waals surface area (Å²) in [5, 5.41) is 39.1. The van der Waals surface area contributed by atoms with Crippen LogP contribution < -0.4 is 9.47 Å². The first-order chi connectivity index (χ1) is 17.0. The summed E-state index contributed by atoms with van der Waals surface area (Å²) in [5.74, 6) is 0.165. The first kappa shape index (κ1) is 23.7. The maximum absolute atomic E-state index is 14.4. The van der Waals surface area contributed by atoms with Gasteiger partial charge in [0.2, 0.25) is 5.58 Å². The Morgan fingerprint density at radius 3 is 2.72 bits per heavy atom. The molecule has 1 heterocycles. The van der Waals surface area contributed by atoms with Crippen LogP contribution in [0.2, 0.25) is 0 Å². The van der Waals surface area contributed by atoms with Crippen LogP contribution in [0.5, 0.6) is 11.6 Å². The Morgan fingerprint density at radius 2 is 2.03 bits per heavy atom. The molecule has 6 rings (SSSR count). The second-order valence-electron chi connectivity index (χ2n) is 11.7. The molecule has 1 spiro atoms. The van der Waals surface area contributed by atoms with E-state index < -0.39 is 35.7 Å². The predicted octanol–water partition coefficient (Wildman–Crippen LogP) is 3.05. The Labute approximate surface area is 209 Å². The molecular weight excluding hydrogens is 462 g/mol. The number of aliphatic hydroxyl groups excluding tert-OH is 2. The van der Waals surface area contributed by atoms with Gasteiger partial charge in [-0.25, -0.2) is 0 Å². The van der Waals surface area contributed by atoms with E-state index in [0.29, 0.717) is 28.2 Å². The van der Waals surface area contributed by atoms with E-state index in [1.54, 1.807) is 31.2 Å². The molecule has 8 atom stereocenters. The normalized spacial score (nSPS) is 40.5. The highest BCUT2D eigenvalue weighted by atomic mass is 16.6. The van der Waals surface area contributed by atoms with Gasteiger partial charge >= 0.3 is 0 Å². The van der Waals surface area contributed by atoms with Crippen molar-refractivity contribution in [3.8, 4) is 11.6 Å². The molecule has 1 unspecified atom stereocenters. The second-order valence-corrected chi connectivity index (χ2v) is 11.7. The lowest BCUT2D eigenvalue weighted by molar-refractivity contribution is -0.186. The third-order valence-electron chi connectivity index (χ3n) is 9.78. The van der Waals surface area contributed by atoms with Crippen LogP contribution in [-0.2, 0) is 4.79 Å². The standard InChI is InChI=1S/C28H33NO7/c1-13-11-27-14(2)9-18-20(26(18,3)4)17(23(27)32)10-15(12-30)22(31)28(27,33)24(13)35-25-16-7-6-8-19(34-5)21(16)36-29-25/h6-8,10-11,14,17-18,20,22,24,30-31,33H,9,12H2,1-5H3/t14-,17+,18-,20+,22-,24+,27?,28+/m1/s1. The molecule has 1 aromatic heterocycles. The fraction of sp³-hybridized carbons (Fsp3) is 0.571. The molecule has 1 aromatic carbocycles. The van der Waals surface area contributed by atoms with Gasteiger partial charge in [0.1, 0.15) is 6.10 Å². The Balaban J connectivity index is 1.51. The minimum atomic E-state index is -2.04. The number of hydrogen-bond donors (Lipinski definition) is 3. The minimum Gasteiger partial charge on any atom is -0.493 e. The molecule has 0 radical (unpaired) electrons. The molecular formula is C28H33NO7. The maximum atomic E-state index is 14.4. The number of nitrogens with zero attached hydrogens (tertiary/aromatic N) is 1. The van der Waals surface area contributed by atoms with Crippen molar-refractivity contribution in [2.45, 2.75) is 51.9 Å².